The van der Waals surface area contributed by atoms with Gasteiger partial charge < -0.3 is 15.0 Å². The number of nitrogens with zero attached hydrogens (tertiary/aromatic N) is 2. The second-order valence-corrected chi connectivity index (χ2v) is 9.26. The summed E-state index contributed by atoms with van der Waals surface area (Å²) >= 11 is 0. The predicted molar refractivity (Wildman–Crippen MR) is 136 cm³/mol. The molecule has 1 heterocycles. The lowest BCUT2D eigenvalue weighted by atomic mass is 9.94. The summed E-state index contributed by atoms with van der Waals surface area (Å²) in [6, 6.07) is 21.7. The van der Waals surface area contributed by atoms with Crippen LogP contribution >= 0.6 is 0 Å². The monoisotopic (exact) mass is 465 g/mol. The van der Waals surface area contributed by atoms with Crippen LogP contribution in [-0.4, -0.2) is 60.6 Å². The van der Waals surface area contributed by atoms with E-state index < -0.39 is 0 Å². The molecule has 0 radical (unpaired) electrons. The Labute approximate surface area is 204 Å². The van der Waals surface area contributed by atoms with Crippen molar-refractivity contribution in [1.29, 1.82) is 0 Å². The number of benzene rings is 2. The molecule has 0 saturated carbocycles. The zero-order valence-electron chi connectivity index (χ0n) is 20.8. The molecule has 184 valence electrons. The molecule has 0 unspecified atom stereocenters. The molecular formula is C28H39N3O3. The third-order valence-corrected chi connectivity index (χ3v) is 6.59. The molecule has 2 atom stereocenters. The number of hydrogen-bond donors (Lipinski definition) is 1. The SMILES string of the molecule is COC(=O)CCCCCCNC(=O)N1[C@H](C)CN(C(c2ccccc2)c2ccccc2)C[C@@H]1C. The maximum Gasteiger partial charge on any atom is 0.317 e. The van der Waals surface area contributed by atoms with Gasteiger partial charge in [-0.2, -0.15) is 0 Å². The smallest absolute Gasteiger partial charge is 0.317 e. The van der Waals surface area contributed by atoms with E-state index in [1.165, 1.54) is 18.2 Å². The average molecular weight is 466 g/mol. The summed E-state index contributed by atoms with van der Waals surface area (Å²) in [6.45, 7) is 6.58. The Bertz CT molecular complexity index is 839. The quantitative estimate of drug-likeness (QED) is 0.396. The van der Waals surface area contributed by atoms with Crippen LogP contribution < -0.4 is 5.32 Å². The Hall–Kier alpha value is -2.86. The molecule has 6 heteroatoms. The molecule has 2 aromatic rings. The first-order valence-electron chi connectivity index (χ1n) is 12.5. The van der Waals surface area contributed by atoms with Crippen LogP contribution in [0.15, 0.2) is 60.7 Å². The highest BCUT2D eigenvalue weighted by Gasteiger charge is 2.36. The predicted octanol–water partition coefficient (Wildman–Crippen LogP) is 5.00. The van der Waals surface area contributed by atoms with Crippen LogP contribution in [-0.2, 0) is 9.53 Å². The summed E-state index contributed by atoms with van der Waals surface area (Å²) in [5.41, 5.74) is 2.55. The average Bonchev–Trinajstić information content (AvgIpc) is 2.84. The maximum absolute atomic E-state index is 13.0. The van der Waals surface area contributed by atoms with Crippen LogP contribution in [0.3, 0.4) is 0 Å². The van der Waals surface area contributed by atoms with Crippen LogP contribution in [0.1, 0.15) is 63.1 Å². The molecule has 0 bridgehead atoms. The number of carbonyl (C=O) groups excluding carboxylic acids is 2. The second kappa shape index (κ2) is 13.1. The highest BCUT2D eigenvalue weighted by Crippen LogP contribution is 2.32. The number of rotatable bonds is 10. The summed E-state index contributed by atoms with van der Waals surface area (Å²) in [5.74, 6) is -0.155. The lowest BCUT2D eigenvalue weighted by molar-refractivity contribution is -0.140. The van der Waals surface area contributed by atoms with Gasteiger partial charge in [0, 0.05) is 38.1 Å². The van der Waals surface area contributed by atoms with Crippen LogP contribution in [0.2, 0.25) is 0 Å². The number of ether oxygens (including phenoxy) is 1. The number of urea groups is 1. The van der Waals surface area contributed by atoms with Gasteiger partial charge in [-0.25, -0.2) is 4.79 Å². The lowest BCUT2D eigenvalue weighted by Gasteiger charge is -2.47. The van der Waals surface area contributed by atoms with Gasteiger partial charge in [0.15, 0.2) is 0 Å². The van der Waals surface area contributed by atoms with Crippen molar-refractivity contribution in [1.82, 2.24) is 15.1 Å². The Morgan fingerprint density at radius 2 is 1.41 bits per heavy atom. The minimum absolute atomic E-state index is 0.0187. The van der Waals surface area contributed by atoms with Crippen molar-refractivity contribution in [3.63, 3.8) is 0 Å². The van der Waals surface area contributed by atoms with Crippen LogP contribution in [0, 0.1) is 0 Å². The molecule has 1 aliphatic rings. The molecule has 2 amide bonds. The van der Waals surface area contributed by atoms with Crippen molar-refractivity contribution in [3.8, 4) is 0 Å². The third kappa shape index (κ3) is 7.07. The zero-order valence-corrected chi connectivity index (χ0v) is 20.8. The fourth-order valence-corrected chi connectivity index (χ4v) is 5.00. The van der Waals surface area contributed by atoms with Gasteiger partial charge in [0.1, 0.15) is 0 Å². The van der Waals surface area contributed by atoms with E-state index in [0.717, 1.165) is 38.8 Å². The van der Waals surface area contributed by atoms with Gasteiger partial charge in [-0.05, 0) is 37.8 Å². The molecule has 0 spiro atoms. The third-order valence-electron chi connectivity index (χ3n) is 6.59. The largest absolute Gasteiger partial charge is 0.469 e. The Kier molecular flexibility index (Phi) is 9.95. The summed E-state index contributed by atoms with van der Waals surface area (Å²) in [4.78, 5) is 28.7. The summed E-state index contributed by atoms with van der Waals surface area (Å²) in [5, 5.41) is 3.11. The molecular weight excluding hydrogens is 426 g/mol. The molecule has 1 saturated heterocycles. The molecule has 34 heavy (non-hydrogen) atoms. The second-order valence-electron chi connectivity index (χ2n) is 9.26. The van der Waals surface area contributed by atoms with Crippen LogP contribution in [0.4, 0.5) is 4.79 Å². The number of esters is 1. The minimum atomic E-state index is -0.155. The Morgan fingerprint density at radius 3 is 1.94 bits per heavy atom. The number of amides is 2. The number of nitrogens with one attached hydrogen (secondary N) is 1. The Morgan fingerprint density at radius 1 is 0.882 bits per heavy atom. The fourth-order valence-electron chi connectivity index (χ4n) is 5.00. The van der Waals surface area contributed by atoms with Crippen molar-refractivity contribution in [2.24, 2.45) is 0 Å². The summed E-state index contributed by atoms with van der Waals surface area (Å²) in [6.07, 6.45) is 4.18. The lowest BCUT2D eigenvalue weighted by Crippen LogP contribution is -2.61. The summed E-state index contributed by atoms with van der Waals surface area (Å²) in [7, 11) is 1.42. The number of carbonyl (C=O) groups is 2. The molecule has 1 aliphatic heterocycles. The molecule has 2 aromatic carbocycles. The van der Waals surface area contributed by atoms with Gasteiger partial charge in [0.25, 0.3) is 0 Å². The molecule has 1 fully saturated rings. The van der Waals surface area contributed by atoms with E-state index in [-0.39, 0.29) is 30.1 Å². The van der Waals surface area contributed by atoms with Crippen molar-refractivity contribution >= 4 is 12.0 Å². The van der Waals surface area contributed by atoms with E-state index >= 15 is 0 Å². The van der Waals surface area contributed by atoms with E-state index in [2.05, 4.69) is 89.5 Å². The number of unbranched alkanes of at least 4 members (excludes halogenated alkanes) is 3. The standard InChI is InChI=1S/C28H39N3O3/c1-22-20-30(27(24-14-8-6-9-15-24)25-16-10-7-11-17-25)21-23(2)31(22)28(33)29-19-13-5-4-12-18-26(32)34-3/h6-11,14-17,22-23,27H,4-5,12-13,18-21H2,1-3H3,(H,29,33)/t22-,23+. The van der Waals surface area contributed by atoms with Gasteiger partial charge >= 0.3 is 12.0 Å². The maximum atomic E-state index is 13.0. The van der Waals surface area contributed by atoms with E-state index in [4.69, 9.17) is 0 Å². The van der Waals surface area contributed by atoms with E-state index in [1.54, 1.807) is 0 Å². The van der Waals surface area contributed by atoms with Crippen molar-refractivity contribution in [3.05, 3.63) is 71.8 Å². The molecule has 3 rings (SSSR count). The minimum Gasteiger partial charge on any atom is -0.469 e. The van der Waals surface area contributed by atoms with Gasteiger partial charge in [0.2, 0.25) is 0 Å². The van der Waals surface area contributed by atoms with Crippen molar-refractivity contribution in [2.45, 2.75) is 64.1 Å². The van der Waals surface area contributed by atoms with E-state index in [1.807, 2.05) is 4.90 Å². The topological polar surface area (TPSA) is 61.9 Å². The highest BCUT2D eigenvalue weighted by molar-refractivity contribution is 5.75. The van der Waals surface area contributed by atoms with E-state index in [9.17, 15) is 9.59 Å². The first-order valence-corrected chi connectivity index (χ1v) is 12.5. The zero-order chi connectivity index (χ0) is 24.3. The van der Waals surface area contributed by atoms with E-state index in [0.29, 0.717) is 13.0 Å². The number of methoxy groups -OCH3 is 1. The number of piperazine rings is 1. The summed E-state index contributed by atoms with van der Waals surface area (Å²) < 4.78 is 4.66. The first-order chi connectivity index (χ1) is 16.5. The molecule has 0 aromatic heterocycles. The van der Waals surface area contributed by atoms with Gasteiger partial charge in [-0.15, -0.1) is 0 Å². The normalized spacial score (nSPS) is 18.6. The molecule has 1 N–H and O–H groups in total. The van der Waals surface area contributed by atoms with Crippen LogP contribution in [0.5, 0.6) is 0 Å². The number of hydrogen-bond acceptors (Lipinski definition) is 4. The van der Waals surface area contributed by atoms with Gasteiger partial charge in [-0.1, -0.05) is 73.5 Å². The van der Waals surface area contributed by atoms with Crippen molar-refractivity contribution < 1.29 is 14.3 Å². The van der Waals surface area contributed by atoms with Gasteiger partial charge in [-0.3, -0.25) is 9.69 Å². The van der Waals surface area contributed by atoms with Gasteiger partial charge in [0.05, 0.1) is 13.2 Å². The highest BCUT2D eigenvalue weighted by atomic mass is 16.5. The van der Waals surface area contributed by atoms with Crippen LogP contribution in [0.25, 0.3) is 0 Å². The fraction of sp³-hybridized carbons (Fsp3) is 0.500. The van der Waals surface area contributed by atoms with Crippen molar-refractivity contribution in [2.75, 3.05) is 26.7 Å². The molecule has 0 aliphatic carbocycles. The first kappa shape index (κ1) is 25.8. The molecule has 6 nitrogen and oxygen atoms in total. The Balaban J connectivity index is 1.54.